The van der Waals surface area contributed by atoms with E-state index in [1.54, 1.807) is 42.5 Å². The first-order valence-corrected chi connectivity index (χ1v) is 15.9. The van der Waals surface area contributed by atoms with Gasteiger partial charge in [0.15, 0.2) is 30.9 Å². The number of likely N-dealkylation sites (tertiary alicyclic amines) is 1. The molecular formula is C37H37FN2O11. The minimum atomic E-state index is -1.74. The molecule has 1 aliphatic heterocycles. The third-order valence-electron chi connectivity index (χ3n) is 8.37. The molecular weight excluding hydrogens is 667 g/mol. The minimum Gasteiger partial charge on any atom is -0.494 e. The number of nitrogens with zero attached hydrogens (tertiary/aromatic N) is 1. The third kappa shape index (κ3) is 8.19. The van der Waals surface area contributed by atoms with Crippen LogP contribution in [0.25, 0.3) is 10.8 Å². The molecule has 14 heteroatoms. The van der Waals surface area contributed by atoms with Gasteiger partial charge in [0.1, 0.15) is 11.5 Å². The number of Topliss-reactive ketones (excluding diaryl/α,β-unsaturated/α-hetero) is 1. The van der Waals surface area contributed by atoms with E-state index in [0.717, 1.165) is 10.3 Å². The standard InChI is InChI=1S/C37H37FN2O11/c1-46-20-49-27-15-16-28(48-3)31(38)30(27)33(41)25-14-9-17-40(37(44)45)35(51-36(43)22-10-5-4-6-11-22)32(25)39-34(42)26-18-23-12-7-8-13-24(23)19-29(26)50-21-47-2/h4-8,10-13,15-16,18-19,25,32,35H,9,14,17,20-21H2,1-3H3,(H,39,42)(H,44,45). The molecule has 0 aromatic heterocycles. The Morgan fingerprint density at radius 3 is 2.12 bits per heavy atom. The van der Waals surface area contributed by atoms with Crippen molar-refractivity contribution in [3.63, 3.8) is 0 Å². The molecule has 0 aliphatic carbocycles. The highest BCUT2D eigenvalue weighted by atomic mass is 19.1. The van der Waals surface area contributed by atoms with Crippen molar-refractivity contribution in [1.82, 2.24) is 10.2 Å². The molecule has 1 fully saturated rings. The lowest BCUT2D eigenvalue weighted by Gasteiger charge is -2.35. The SMILES string of the molecule is COCOc1cc2ccccc2cc1C(=O)NC1C(C(=O)c2c(OCOC)ccc(OC)c2F)CCCN(C(=O)O)C1OC(=O)c1ccccc1. The van der Waals surface area contributed by atoms with Gasteiger partial charge in [0.2, 0.25) is 6.23 Å². The van der Waals surface area contributed by atoms with Crippen LogP contribution in [0.3, 0.4) is 0 Å². The van der Waals surface area contributed by atoms with Crippen molar-refractivity contribution in [1.29, 1.82) is 0 Å². The van der Waals surface area contributed by atoms with Gasteiger partial charge < -0.3 is 38.8 Å². The van der Waals surface area contributed by atoms with E-state index in [1.165, 1.54) is 45.6 Å². The van der Waals surface area contributed by atoms with Crippen LogP contribution in [0.1, 0.15) is 43.9 Å². The molecule has 4 aromatic carbocycles. The Bertz CT molecular complexity index is 1890. The molecule has 5 rings (SSSR count). The highest BCUT2D eigenvalue weighted by Gasteiger charge is 2.46. The van der Waals surface area contributed by atoms with E-state index >= 15 is 4.39 Å². The van der Waals surface area contributed by atoms with Crippen molar-refractivity contribution in [3.8, 4) is 17.2 Å². The van der Waals surface area contributed by atoms with E-state index in [2.05, 4.69) is 5.32 Å². The molecule has 2 amide bonds. The monoisotopic (exact) mass is 704 g/mol. The zero-order valence-electron chi connectivity index (χ0n) is 28.1. The molecule has 2 N–H and O–H groups in total. The Morgan fingerprint density at radius 2 is 1.47 bits per heavy atom. The number of nitrogens with one attached hydrogen (secondary N) is 1. The minimum absolute atomic E-state index is 0.0212. The third-order valence-corrected chi connectivity index (χ3v) is 8.37. The second-order valence-corrected chi connectivity index (χ2v) is 11.5. The van der Waals surface area contributed by atoms with Crippen LogP contribution >= 0.6 is 0 Å². The normalized spacial score (nSPS) is 17.3. The van der Waals surface area contributed by atoms with Gasteiger partial charge in [-0.15, -0.1) is 0 Å². The molecule has 3 unspecified atom stereocenters. The summed E-state index contributed by atoms with van der Waals surface area (Å²) in [5.41, 5.74) is -0.394. The first-order valence-electron chi connectivity index (χ1n) is 15.9. The van der Waals surface area contributed by atoms with E-state index < -0.39 is 53.3 Å². The Hall–Kier alpha value is -5.73. The predicted octanol–water partition coefficient (Wildman–Crippen LogP) is 5.51. The number of amides is 2. The summed E-state index contributed by atoms with van der Waals surface area (Å²) in [7, 11) is 3.99. The maximum atomic E-state index is 16.0. The molecule has 1 heterocycles. The number of ketones is 1. The Balaban J connectivity index is 1.65. The van der Waals surface area contributed by atoms with Crippen molar-refractivity contribution >= 4 is 34.5 Å². The lowest BCUT2D eigenvalue weighted by Crippen LogP contribution is -2.58. The van der Waals surface area contributed by atoms with E-state index in [0.29, 0.717) is 5.39 Å². The number of methoxy groups -OCH3 is 3. The molecule has 1 saturated heterocycles. The lowest BCUT2D eigenvalue weighted by molar-refractivity contribution is -0.0417. The number of fused-ring (bicyclic) bond motifs is 1. The summed E-state index contributed by atoms with van der Waals surface area (Å²) in [5, 5.41) is 14.5. The smallest absolute Gasteiger partial charge is 0.410 e. The Morgan fingerprint density at radius 1 is 0.843 bits per heavy atom. The van der Waals surface area contributed by atoms with Crippen LogP contribution in [-0.4, -0.2) is 87.5 Å². The number of ether oxygens (including phenoxy) is 6. The van der Waals surface area contributed by atoms with Gasteiger partial charge in [0.25, 0.3) is 5.91 Å². The van der Waals surface area contributed by atoms with Crippen molar-refractivity contribution in [2.24, 2.45) is 5.92 Å². The highest BCUT2D eigenvalue weighted by Crippen LogP contribution is 2.36. The number of carbonyl (C=O) groups excluding carboxylic acids is 3. The van der Waals surface area contributed by atoms with E-state index in [-0.39, 0.29) is 61.3 Å². The van der Waals surface area contributed by atoms with Crippen molar-refractivity contribution < 1.29 is 57.1 Å². The molecule has 0 bridgehead atoms. The first-order chi connectivity index (χ1) is 24.7. The fourth-order valence-electron chi connectivity index (χ4n) is 5.96. The Labute approximate surface area is 292 Å². The number of hydrogen-bond donors (Lipinski definition) is 2. The number of carboxylic acid groups (broad SMARTS) is 1. The van der Waals surface area contributed by atoms with E-state index in [4.69, 9.17) is 28.4 Å². The molecule has 51 heavy (non-hydrogen) atoms. The van der Waals surface area contributed by atoms with Crippen molar-refractivity contribution in [3.05, 3.63) is 101 Å². The van der Waals surface area contributed by atoms with Gasteiger partial charge in [-0.1, -0.05) is 42.5 Å². The van der Waals surface area contributed by atoms with Gasteiger partial charge in [-0.05, 0) is 60.0 Å². The van der Waals surface area contributed by atoms with Crippen molar-refractivity contribution in [2.45, 2.75) is 25.1 Å². The van der Waals surface area contributed by atoms with E-state index in [9.17, 15) is 24.3 Å². The molecule has 1 aliphatic rings. The molecule has 268 valence electrons. The lowest BCUT2D eigenvalue weighted by atomic mass is 9.85. The van der Waals surface area contributed by atoms with Crippen LogP contribution in [0.4, 0.5) is 9.18 Å². The Kier molecular flexibility index (Phi) is 12.0. The molecule has 4 aromatic rings. The summed E-state index contributed by atoms with van der Waals surface area (Å²) in [4.78, 5) is 56.0. The molecule has 3 atom stereocenters. The largest absolute Gasteiger partial charge is 0.494 e. The zero-order valence-corrected chi connectivity index (χ0v) is 28.1. The second kappa shape index (κ2) is 16.8. The van der Waals surface area contributed by atoms with Crippen molar-refractivity contribution in [2.75, 3.05) is 41.5 Å². The van der Waals surface area contributed by atoms with Gasteiger partial charge in [0.05, 0.1) is 29.8 Å². The summed E-state index contributed by atoms with van der Waals surface area (Å²) in [5.74, 6) is -5.24. The zero-order chi connectivity index (χ0) is 36.5. The quantitative estimate of drug-likeness (QED) is 0.103. The number of carbonyl (C=O) groups is 4. The summed E-state index contributed by atoms with van der Waals surface area (Å²) in [6.07, 6.45) is -3.17. The van der Waals surface area contributed by atoms with Crippen LogP contribution in [0.15, 0.2) is 78.9 Å². The maximum absolute atomic E-state index is 16.0. The second-order valence-electron chi connectivity index (χ2n) is 11.5. The molecule has 13 nitrogen and oxygen atoms in total. The number of hydrogen-bond acceptors (Lipinski definition) is 10. The summed E-state index contributed by atoms with van der Waals surface area (Å²) < 4.78 is 48.4. The average molecular weight is 705 g/mol. The number of esters is 1. The number of halogens is 1. The van der Waals surface area contributed by atoms with Crippen LogP contribution < -0.4 is 19.5 Å². The van der Waals surface area contributed by atoms with E-state index in [1.807, 2.05) is 12.1 Å². The summed E-state index contributed by atoms with van der Waals surface area (Å²) in [6.45, 7) is -0.705. The predicted molar refractivity (Wildman–Crippen MR) is 181 cm³/mol. The fourth-order valence-corrected chi connectivity index (χ4v) is 5.96. The topological polar surface area (TPSA) is 159 Å². The van der Waals surface area contributed by atoms with Gasteiger partial charge in [-0.3, -0.25) is 14.5 Å². The summed E-state index contributed by atoms with van der Waals surface area (Å²) in [6, 6.07) is 19.3. The summed E-state index contributed by atoms with van der Waals surface area (Å²) >= 11 is 0. The van der Waals surface area contributed by atoms with Gasteiger partial charge in [-0.2, -0.15) is 0 Å². The molecule has 0 spiro atoms. The number of rotatable bonds is 13. The molecule has 0 radical (unpaired) electrons. The van der Waals surface area contributed by atoms with Gasteiger partial charge in [0, 0.05) is 26.7 Å². The number of benzene rings is 4. The molecule has 0 saturated carbocycles. The van der Waals surface area contributed by atoms with Crippen LogP contribution in [0.2, 0.25) is 0 Å². The van der Waals surface area contributed by atoms with Crippen LogP contribution in [0, 0.1) is 11.7 Å². The van der Waals surface area contributed by atoms with Gasteiger partial charge in [-0.25, -0.2) is 14.0 Å². The highest BCUT2D eigenvalue weighted by molar-refractivity contribution is 6.04. The average Bonchev–Trinajstić information content (AvgIpc) is 3.31. The van der Waals surface area contributed by atoms with Crippen LogP contribution in [0.5, 0.6) is 17.2 Å². The van der Waals surface area contributed by atoms with Crippen LogP contribution in [-0.2, 0) is 14.2 Å². The first kappa shape index (κ1) is 36.5. The maximum Gasteiger partial charge on any atom is 0.410 e. The van der Waals surface area contributed by atoms with Gasteiger partial charge >= 0.3 is 12.1 Å². The fraction of sp³-hybridized carbons (Fsp3) is 0.297.